The van der Waals surface area contributed by atoms with Crippen molar-refractivity contribution >= 4 is 40.6 Å². The first kappa shape index (κ1) is 43.1. The van der Waals surface area contributed by atoms with E-state index in [0.717, 1.165) is 33.8 Å². The third-order valence-corrected chi connectivity index (χ3v) is 30.2. The molecule has 17 nitrogen and oxygen atoms in total. The van der Waals surface area contributed by atoms with E-state index >= 15 is 0 Å². The van der Waals surface area contributed by atoms with Gasteiger partial charge in [-0.3, -0.25) is 0 Å². The Morgan fingerprint density at radius 2 is 0.846 bits per heavy atom. The van der Waals surface area contributed by atoms with Crippen LogP contribution in [-0.2, 0) is 54.6 Å². The fraction of sp³-hybridized carbons (Fsp3) is 0.581. The number of hydrogen-bond donors (Lipinski definition) is 0. The summed E-state index contributed by atoms with van der Waals surface area (Å²) in [6.45, 7) is 5.92. The van der Waals surface area contributed by atoms with Crippen molar-refractivity contribution in [2.75, 3.05) is 78.9 Å². The zero-order valence-electron chi connectivity index (χ0n) is 36.4. The molecule has 0 aliphatic carbocycles. The first-order valence-corrected chi connectivity index (χ1v) is 30.5. The Balaban J connectivity index is 1.11. The minimum atomic E-state index is -3.55. The number of halogens is 1. The number of fused-ring (bicyclic) bond motifs is 4. The largest absolute Gasteiger partial charge is 0.430 e. The molecule has 65 heavy (non-hydrogen) atoms. The lowest BCUT2D eigenvalue weighted by Gasteiger charge is -2.52. The molecule has 0 amide bonds. The van der Waals surface area contributed by atoms with Crippen LogP contribution < -0.4 is 9.05 Å². The second kappa shape index (κ2) is 16.3. The highest BCUT2D eigenvalue weighted by Gasteiger charge is 2.56. The number of ether oxygens (including phenoxy) is 6. The van der Waals surface area contributed by atoms with Gasteiger partial charge in [-0.05, 0) is 34.5 Å². The SMILES string of the molecule is ClP1(N2CCC3(CC2)OCCO3)=NP23=NP(N4CCC5(CC4)OCCO5)(N4CCC5(CC4)OCCO5)=NP4(=N1)Oc1ccccc1CN4Cc1cccc(c1)CN2Cc1ccccc1O3. The molecule has 348 valence electrons. The molecule has 11 heterocycles. The second-order valence-corrected chi connectivity index (χ2v) is 30.0. The van der Waals surface area contributed by atoms with Gasteiger partial charge in [0, 0.05) is 115 Å². The van der Waals surface area contributed by atoms with Gasteiger partial charge < -0.3 is 37.5 Å². The van der Waals surface area contributed by atoms with E-state index in [1.807, 2.05) is 12.1 Å². The molecule has 11 aliphatic heterocycles. The van der Waals surface area contributed by atoms with E-state index in [1.54, 1.807) is 0 Å². The number of piperidine rings is 3. The van der Waals surface area contributed by atoms with Gasteiger partial charge in [0.2, 0.25) is 14.2 Å². The van der Waals surface area contributed by atoms with E-state index in [2.05, 4.69) is 84.0 Å². The second-order valence-electron chi connectivity index (χ2n) is 18.5. The maximum absolute atomic E-state index is 8.50. The predicted molar refractivity (Wildman–Crippen MR) is 249 cm³/mol. The van der Waals surface area contributed by atoms with Gasteiger partial charge in [0.1, 0.15) is 11.5 Å². The molecule has 0 radical (unpaired) electrons. The van der Waals surface area contributed by atoms with E-state index in [9.17, 15) is 0 Å². The molecule has 14 rings (SSSR count). The quantitative estimate of drug-likeness (QED) is 0.230. The number of nitrogens with zero attached hydrogens (tertiary/aromatic N) is 9. The molecule has 6 saturated heterocycles. The van der Waals surface area contributed by atoms with E-state index in [1.165, 1.54) is 0 Å². The van der Waals surface area contributed by atoms with E-state index in [0.29, 0.717) is 144 Å². The summed E-state index contributed by atoms with van der Waals surface area (Å²) in [5.41, 5.74) is 4.46. The van der Waals surface area contributed by atoms with Gasteiger partial charge in [-0.25, -0.2) is 23.4 Å². The molecule has 6 fully saturated rings. The van der Waals surface area contributed by atoms with Crippen LogP contribution in [0.2, 0.25) is 0 Å². The van der Waals surface area contributed by atoms with Crippen LogP contribution in [0.3, 0.4) is 0 Å². The van der Waals surface area contributed by atoms with Gasteiger partial charge in [0.05, 0.1) is 39.6 Å². The average molecular weight is 986 g/mol. The van der Waals surface area contributed by atoms with E-state index < -0.39 is 46.7 Å². The Labute approximate surface area is 385 Å². The molecule has 3 atom stereocenters. The molecule has 22 heteroatoms. The smallest absolute Gasteiger partial charge is 0.334 e. The van der Waals surface area contributed by atoms with Crippen LogP contribution in [0.5, 0.6) is 11.5 Å². The molecule has 3 aromatic carbocycles. The molecule has 4 bridgehead atoms. The van der Waals surface area contributed by atoms with Crippen LogP contribution in [0.25, 0.3) is 0 Å². The van der Waals surface area contributed by atoms with Crippen molar-refractivity contribution in [3.05, 3.63) is 95.1 Å². The summed E-state index contributed by atoms with van der Waals surface area (Å²) in [4.78, 5) is 0. The lowest BCUT2D eigenvalue weighted by atomic mass is 10.1. The molecule has 0 N–H and O–H groups in total. The van der Waals surface area contributed by atoms with E-state index in [4.69, 9.17) is 66.8 Å². The summed E-state index contributed by atoms with van der Waals surface area (Å²) in [6.07, 6.45) is 3.97. The van der Waals surface area contributed by atoms with E-state index in [-0.39, 0.29) is 0 Å². The first-order chi connectivity index (χ1) is 31.7. The molecule has 11 aliphatic rings. The Bertz CT molecular complexity index is 2480. The standard InChI is InChI=1S/C43H56ClN9O8P4/c44-62(49-18-12-41(13-19-49)54-24-25-55-41)45-64-47-63(50-20-14-42(15-21-50)56-26-27-57-42,51-22-16-43(17-23-51)58-28-29-59-43)48-65(46-62)53(34-38-9-2-4-11-40(38)61-65)32-36-7-5-6-35(30-36)31-52(64)33-37-8-1-3-10-39(37)60-64/h1-11,30H,12-29,31-34H2. The Hall–Kier alpha value is -1.97. The topological polar surface area (TPSA) is 139 Å². The number of hydrogen-bond acceptors (Lipinski definition) is 17. The van der Waals surface area contributed by atoms with Gasteiger partial charge in [-0.2, -0.15) is 18.1 Å². The van der Waals surface area contributed by atoms with Crippen LogP contribution >= 0.6 is 40.6 Å². The van der Waals surface area contributed by atoms with Crippen molar-refractivity contribution in [3.63, 3.8) is 0 Å². The van der Waals surface area contributed by atoms with Crippen LogP contribution in [-0.4, -0.2) is 120 Å². The molecule has 0 aromatic heterocycles. The molecular formula is C43H56ClN9O8P4. The van der Waals surface area contributed by atoms with Crippen molar-refractivity contribution in [3.8, 4) is 11.5 Å². The maximum Gasteiger partial charge on any atom is 0.334 e. The molecule has 3 aromatic rings. The predicted octanol–water partition coefficient (Wildman–Crippen LogP) is 10.0. The van der Waals surface area contributed by atoms with Gasteiger partial charge in [-0.1, -0.05) is 60.7 Å². The van der Waals surface area contributed by atoms with Gasteiger partial charge >= 0.3 is 15.2 Å². The van der Waals surface area contributed by atoms with Crippen LogP contribution in [0, 0.1) is 0 Å². The lowest BCUT2D eigenvalue weighted by molar-refractivity contribution is -0.182. The van der Waals surface area contributed by atoms with Gasteiger partial charge in [0.25, 0.3) is 0 Å². The minimum absolute atomic E-state index is 0.542. The third-order valence-electron chi connectivity index (χ3n) is 14.5. The normalized spacial score (nSPS) is 33.9. The molecule has 3 unspecified atom stereocenters. The lowest BCUT2D eigenvalue weighted by Crippen LogP contribution is -2.49. The molecule has 5 spiro atoms. The minimum Gasteiger partial charge on any atom is -0.430 e. The maximum atomic E-state index is 8.50. The summed E-state index contributed by atoms with van der Waals surface area (Å²) in [5, 5.41) is 0. The summed E-state index contributed by atoms with van der Waals surface area (Å²) < 4.78 is 90.5. The summed E-state index contributed by atoms with van der Waals surface area (Å²) in [6, 6.07) is 25.5. The zero-order valence-corrected chi connectivity index (χ0v) is 40.8. The van der Waals surface area contributed by atoms with Crippen molar-refractivity contribution in [2.45, 2.75) is 82.1 Å². The fourth-order valence-electron chi connectivity index (χ4n) is 11.1. The highest BCUT2D eigenvalue weighted by Crippen LogP contribution is 2.85. The Kier molecular flexibility index (Phi) is 10.8. The summed E-state index contributed by atoms with van der Waals surface area (Å²) >= 11 is 8.50. The van der Waals surface area contributed by atoms with Crippen LogP contribution in [0.4, 0.5) is 0 Å². The first-order valence-electron chi connectivity index (χ1n) is 23.2. The summed E-state index contributed by atoms with van der Waals surface area (Å²) in [7, 11) is -10.4. The molecular weight excluding hydrogens is 930 g/mol. The highest BCUT2D eigenvalue weighted by molar-refractivity contribution is 7.95. The van der Waals surface area contributed by atoms with Crippen LogP contribution in [0.15, 0.2) is 90.9 Å². The van der Waals surface area contributed by atoms with Gasteiger partial charge in [-0.15, -0.1) is 0 Å². The number of rotatable bonds is 3. The van der Waals surface area contributed by atoms with Crippen molar-refractivity contribution in [1.82, 2.24) is 23.4 Å². The monoisotopic (exact) mass is 985 g/mol. The zero-order chi connectivity index (χ0) is 43.4. The van der Waals surface area contributed by atoms with Crippen LogP contribution in [0.1, 0.15) is 60.8 Å². The van der Waals surface area contributed by atoms with Crippen molar-refractivity contribution in [1.29, 1.82) is 0 Å². The summed E-state index contributed by atoms with van der Waals surface area (Å²) in [5.74, 6) is -0.368. The Morgan fingerprint density at radius 1 is 0.431 bits per heavy atom. The van der Waals surface area contributed by atoms with Crippen molar-refractivity contribution in [2.24, 2.45) is 18.1 Å². The highest BCUT2D eigenvalue weighted by atomic mass is 35.7. The fourth-order valence-corrected chi connectivity index (χ4v) is 30.0. The molecule has 0 saturated carbocycles. The van der Waals surface area contributed by atoms with Crippen molar-refractivity contribution < 1.29 is 37.5 Å². The van der Waals surface area contributed by atoms with Gasteiger partial charge in [0.15, 0.2) is 17.4 Å². The average Bonchev–Trinajstić information content (AvgIpc) is 4.09. The number of para-hydroxylation sites is 2. The Morgan fingerprint density at radius 3 is 1.31 bits per heavy atom. The number of benzene rings is 3. The third kappa shape index (κ3) is 7.47.